The van der Waals surface area contributed by atoms with Crippen molar-refractivity contribution in [3.8, 4) is 5.75 Å². The van der Waals surface area contributed by atoms with Crippen LogP contribution < -0.4 is 4.74 Å². The summed E-state index contributed by atoms with van der Waals surface area (Å²) >= 11 is 0. The van der Waals surface area contributed by atoms with Crippen LogP contribution in [-0.4, -0.2) is 41.0 Å². The summed E-state index contributed by atoms with van der Waals surface area (Å²) in [5.41, 5.74) is 3.39. The first kappa shape index (κ1) is 19.7. The summed E-state index contributed by atoms with van der Waals surface area (Å²) in [6, 6.07) is 20.6. The Balaban J connectivity index is 1.24. The second kappa shape index (κ2) is 9.25. The van der Waals surface area contributed by atoms with Crippen molar-refractivity contribution < 1.29 is 14.4 Å². The molecule has 1 aliphatic heterocycles. The molecule has 0 radical (unpaired) electrons. The number of ether oxygens (including phenoxy) is 1. The molecule has 2 heterocycles. The number of β-amino-alcohol motifs (C(OH)–C–C–N with tert-alkyl or cyclic N) is 1. The fraction of sp³-hybridized carbons (Fsp3) is 0.375. The zero-order chi connectivity index (χ0) is 20.1. The number of likely N-dealkylation sites (tertiary alicyclic amines) is 1. The molecule has 5 heteroatoms. The van der Waals surface area contributed by atoms with Gasteiger partial charge in [0, 0.05) is 44.5 Å². The maximum atomic E-state index is 10.4. The second-order valence-electron chi connectivity index (χ2n) is 7.89. The molecule has 4 rings (SSSR count). The predicted octanol–water partition coefficient (Wildman–Crippen LogP) is 3.64. The van der Waals surface area contributed by atoms with Gasteiger partial charge in [-0.25, -0.2) is 0 Å². The Bertz CT molecular complexity index is 892. The third kappa shape index (κ3) is 5.46. The van der Waals surface area contributed by atoms with Gasteiger partial charge < -0.3 is 14.4 Å². The molecule has 3 aromatic rings. The molecule has 1 aliphatic rings. The molecule has 2 aromatic carbocycles. The van der Waals surface area contributed by atoms with Crippen molar-refractivity contribution in [2.45, 2.75) is 32.4 Å². The lowest BCUT2D eigenvalue weighted by Crippen LogP contribution is -2.21. The summed E-state index contributed by atoms with van der Waals surface area (Å²) < 4.78 is 11.2. The number of benzene rings is 2. The van der Waals surface area contributed by atoms with Crippen LogP contribution >= 0.6 is 0 Å². The third-order valence-electron chi connectivity index (χ3n) is 5.45. The molecule has 1 fully saturated rings. The Morgan fingerprint density at radius 2 is 1.86 bits per heavy atom. The van der Waals surface area contributed by atoms with Crippen LogP contribution in [0.3, 0.4) is 0 Å². The van der Waals surface area contributed by atoms with E-state index in [1.165, 1.54) is 11.1 Å². The highest BCUT2D eigenvalue weighted by Gasteiger charge is 2.32. The van der Waals surface area contributed by atoms with Gasteiger partial charge in [-0.15, -0.1) is 0 Å². The van der Waals surface area contributed by atoms with Gasteiger partial charge in [-0.2, -0.15) is 0 Å². The number of aromatic nitrogens is 1. The number of aliphatic hydroxyl groups is 1. The number of rotatable bonds is 8. The lowest BCUT2D eigenvalue weighted by atomic mass is 10.0. The van der Waals surface area contributed by atoms with Gasteiger partial charge in [0.05, 0.1) is 18.4 Å². The van der Waals surface area contributed by atoms with Gasteiger partial charge in [0.1, 0.15) is 11.5 Å². The average Bonchev–Trinajstić information content (AvgIpc) is 3.29. The minimum absolute atomic E-state index is 0.183. The number of aryl methyl sites for hydroxylation is 1. The van der Waals surface area contributed by atoms with E-state index in [1.807, 2.05) is 31.2 Å². The van der Waals surface area contributed by atoms with E-state index in [9.17, 15) is 5.11 Å². The average molecular weight is 392 g/mol. The first-order valence-corrected chi connectivity index (χ1v) is 10.2. The van der Waals surface area contributed by atoms with Crippen LogP contribution in [0, 0.1) is 12.8 Å². The molecule has 0 amide bonds. The summed E-state index contributed by atoms with van der Waals surface area (Å²) in [6.07, 6.45) is 1.30. The Hall–Kier alpha value is -2.63. The van der Waals surface area contributed by atoms with Crippen LogP contribution in [0.2, 0.25) is 0 Å². The molecule has 1 N–H and O–H groups in total. The molecule has 1 saturated heterocycles. The van der Waals surface area contributed by atoms with E-state index in [1.54, 1.807) is 0 Å². The Morgan fingerprint density at radius 1 is 1.07 bits per heavy atom. The fourth-order valence-corrected chi connectivity index (χ4v) is 3.92. The van der Waals surface area contributed by atoms with Crippen LogP contribution in [0.1, 0.15) is 22.6 Å². The van der Waals surface area contributed by atoms with E-state index in [0.29, 0.717) is 13.2 Å². The summed E-state index contributed by atoms with van der Waals surface area (Å²) in [5, 5.41) is 14.4. The van der Waals surface area contributed by atoms with E-state index < -0.39 is 0 Å². The molecule has 5 nitrogen and oxygen atoms in total. The lowest BCUT2D eigenvalue weighted by Gasteiger charge is -2.15. The molecule has 1 aromatic heterocycles. The molecule has 2 atom stereocenters. The number of aliphatic hydroxyl groups excluding tert-OH is 1. The first-order valence-electron chi connectivity index (χ1n) is 10.2. The molecule has 0 aliphatic carbocycles. The highest BCUT2D eigenvalue weighted by molar-refractivity contribution is 5.27. The van der Waals surface area contributed by atoms with Crippen molar-refractivity contribution in [2.75, 3.05) is 19.7 Å². The van der Waals surface area contributed by atoms with Gasteiger partial charge in [0.2, 0.25) is 0 Å². The molecule has 0 saturated carbocycles. The molecule has 152 valence electrons. The fourth-order valence-electron chi connectivity index (χ4n) is 3.92. The maximum Gasteiger partial charge on any atom is 0.137 e. The maximum absolute atomic E-state index is 10.4. The van der Waals surface area contributed by atoms with Gasteiger partial charge in [-0.3, -0.25) is 4.90 Å². The summed E-state index contributed by atoms with van der Waals surface area (Å²) in [6.45, 7) is 4.96. The van der Waals surface area contributed by atoms with E-state index >= 15 is 0 Å². The monoisotopic (exact) mass is 392 g/mol. The highest BCUT2D eigenvalue weighted by Crippen LogP contribution is 2.24. The van der Waals surface area contributed by atoms with Gasteiger partial charge in [0.15, 0.2) is 0 Å². The van der Waals surface area contributed by atoms with Crippen molar-refractivity contribution in [3.63, 3.8) is 0 Å². The summed E-state index contributed by atoms with van der Waals surface area (Å²) in [5.74, 6) is 1.93. The van der Waals surface area contributed by atoms with Gasteiger partial charge in [-0.05, 0) is 30.2 Å². The molecule has 2 unspecified atom stereocenters. The zero-order valence-electron chi connectivity index (χ0n) is 16.8. The van der Waals surface area contributed by atoms with Crippen LogP contribution in [0.5, 0.6) is 5.75 Å². The number of hydrogen-bond acceptors (Lipinski definition) is 5. The Kier molecular flexibility index (Phi) is 6.27. The molecular weight excluding hydrogens is 364 g/mol. The minimum Gasteiger partial charge on any atom is -0.493 e. The van der Waals surface area contributed by atoms with E-state index in [0.717, 1.165) is 43.1 Å². The molecule has 0 spiro atoms. The van der Waals surface area contributed by atoms with Crippen LogP contribution in [0.25, 0.3) is 0 Å². The summed E-state index contributed by atoms with van der Waals surface area (Å²) in [7, 11) is 0. The van der Waals surface area contributed by atoms with E-state index in [2.05, 4.69) is 46.5 Å². The third-order valence-corrected chi connectivity index (χ3v) is 5.45. The van der Waals surface area contributed by atoms with E-state index in [4.69, 9.17) is 9.26 Å². The van der Waals surface area contributed by atoms with Gasteiger partial charge >= 0.3 is 0 Å². The van der Waals surface area contributed by atoms with Gasteiger partial charge in [-0.1, -0.05) is 47.6 Å². The zero-order valence-corrected chi connectivity index (χ0v) is 16.8. The van der Waals surface area contributed by atoms with E-state index in [-0.39, 0.29) is 12.0 Å². The van der Waals surface area contributed by atoms with Crippen LogP contribution in [0.4, 0.5) is 0 Å². The topological polar surface area (TPSA) is 58.7 Å². The highest BCUT2D eigenvalue weighted by atomic mass is 16.5. The quantitative estimate of drug-likeness (QED) is 0.634. The van der Waals surface area contributed by atoms with Crippen molar-refractivity contribution in [1.29, 1.82) is 0 Å². The van der Waals surface area contributed by atoms with Crippen LogP contribution in [0.15, 0.2) is 65.2 Å². The van der Waals surface area contributed by atoms with Crippen molar-refractivity contribution >= 4 is 0 Å². The Morgan fingerprint density at radius 3 is 2.59 bits per heavy atom. The largest absolute Gasteiger partial charge is 0.493 e. The minimum atomic E-state index is -0.332. The first-order chi connectivity index (χ1) is 14.2. The smallest absolute Gasteiger partial charge is 0.137 e. The molecule has 29 heavy (non-hydrogen) atoms. The van der Waals surface area contributed by atoms with Crippen molar-refractivity contribution in [1.82, 2.24) is 10.1 Å². The predicted molar refractivity (Wildman–Crippen MR) is 112 cm³/mol. The van der Waals surface area contributed by atoms with Crippen molar-refractivity contribution in [3.05, 3.63) is 83.2 Å². The Labute approximate surface area is 171 Å². The molecule has 0 bridgehead atoms. The number of nitrogens with zero attached hydrogens (tertiary/aromatic N) is 2. The molecular formula is C24H28N2O3. The van der Waals surface area contributed by atoms with Gasteiger partial charge in [0.25, 0.3) is 0 Å². The normalized spacial score (nSPS) is 19.5. The lowest BCUT2D eigenvalue weighted by molar-refractivity contribution is 0.137. The number of hydrogen-bond donors (Lipinski definition) is 1. The van der Waals surface area contributed by atoms with Crippen LogP contribution in [-0.2, 0) is 19.4 Å². The summed E-state index contributed by atoms with van der Waals surface area (Å²) in [4.78, 5) is 2.30. The van der Waals surface area contributed by atoms with Crippen molar-refractivity contribution in [2.24, 2.45) is 5.92 Å². The standard InChI is InChI=1S/C24H28N2O3/c1-18-13-23(29-25-18)14-21-16-26(17-24(21)27)15-20-7-9-22(10-8-20)28-12-11-19-5-3-2-4-6-19/h2-10,13,21,24,27H,11-12,14-17H2,1H3. The second-order valence-corrected chi connectivity index (χ2v) is 7.89. The SMILES string of the molecule is Cc1cc(CC2CN(Cc3ccc(OCCc4ccccc4)cc3)CC2O)on1.